The molecule has 176 valence electrons. The highest BCUT2D eigenvalue weighted by Crippen LogP contribution is 2.30. The molecule has 0 radical (unpaired) electrons. The Balaban J connectivity index is 1.64. The van der Waals surface area contributed by atoms with Crippen molar-refractivity contribution in [1.29, 1.82) is 0 Å². The number of benzene rings is 3. The van der Waals surface area contributed by atoms with Crippen LogP contribution in [0.4, 0.5) is 8.78 Å². The zero-order valence-electron chi connectivity index (χ0n) is 18.2. The maximum atomic E-state index is 14.5. The average molecular weight is 476 g/mol. The molecule has 0 unspecified atom stereocenters. The SMILES string of the molecule is C=CC(=O)Oc1ccc(OC(=O)C=Cc2ccc(-c3ccc(OC(=O)C=C)c(F)c3F)cc2)cc1. The fourth-order valence-corrected chi connectivity index (χ4v) is 2.81. The average Bonchev–Trinajstić information content (AvgIpc) is 2.87. The van der Waals surface area contributed by atoms with Crippen molar-refractivity contribution in [1.82, 2.24) is 0 Å². The minimum atomic E-state index is -1.30. The van der Waals surface area contributed by atoms with Gasteiger partial charge in [0.2, 0.25) is 5.82 Å². The van der Waals surface area contributed by atoms with Crippen LogP contribution in [0.2, 0.25) is 0 Å². The summed E-state index contributed by atoms with van der Waals surface area (Å²) < 4.78 is 43.5. The van der Waals surface area contributed by atoms with Gasteiger partial charge in [-0.2, -0.15) is 4.39 Å². The fraction of sp³-hybridized carbons (Fsp3) is 0. The summed E-state index contributed by atoms with van der Waals surface area (Å²) in [5.41, 5.74) is 0.952. The third kappa shape index (κ3) is 6.58. The van der Waals surface area contributed by atoms with Crippen molar-refractivity contribution >= 4 is 24.0 Å². The van der Waals surface area contributed by atoms with Crippen molar-refractivity contribution in [3.8, 4) is 28.4 Å². The first-order valence-corrected chi connectivity index (χ1v) is 10.1. The van der Waals surface area contributed by atoms with Crippen molar-refractivity contribution in [3.63, 3.8) is 0 Å². The summed E-state index contributed by atoms with van der Waals surface area (Å²) in [6.45, 7) is 6.50. The summed E-state index contributed by atoms with van der Waals surface area (Å²) in [4.78, 5) is 34.4. The molecule has 0 spiro atoms. The minimum Gasteiger partial charge on any atom is -0.423 e. The number of esters is 3. The van der Waals surface area contributed by atoms with Gasteiger partial charge in [0.25, 0.3) is 0 Å². The van der Waals surface area contributed by atoms with E-state index >= 15 is 0 Å². The van der Waals surface area contributed by atoms with Gasteiger partial charge in [0.15, 0.2) is 11.6 Å². The number of carbonyl (C=O) groups excluding carboxylic acids is 3. The molecule has 0 saturated carbocycles. The molecule has 0 aliphatic heterocycles. The highest BCUT2D eigenvalue weighted by Gasteiger charge is 2.17. The molecule has 0 N–H and O–H groups in total. The van der Waals surface area contributed by atoms with Crippen LogP contribution in [0.5, 0.6) is 17.2 Å². The maximum absolute atomic E-state index is 14.5. The topological polar surface area (TPSA) is 78.9 Å². The Morgan fingerprint density at radius 2 is 1.20 bits per heavy atom. The van der Waals surface area contributed by atoms with Crippen molar-refractivity contribution < 1.29 is 37.4 Å². The summed E-state index contributed by atoms with van der Waals surface area (Å²) in [5, 5.41) is 0. The van der Waals surface area contributed by atoms with E-state index in [0.717, 1.165) is 18.2 Å². The number of rotatable bonds is 8. The van der Waals surface area contributed by atoms with Crippen LogP contribution in [0.15, 0.2) is 92.0 Å². The number of hydrogen-bond acceptors (Lipinski definition) is 6. The number of carbonyl (C=O) groups is 3. The van der Waals surface area contributed by atoms with Gasteiger partial charge in [0, 0.05) is 23.8 Å². The standard InChI is InChI=1S/C27H18F2O6/c1-3-23(30)33-19-10-12-20(13-11-19)34-25(32)16-7-17-5-8-18(9-6-17)21-14-15-22(27(29)26(21)28)35-24(31)4-2/h3-16H,1-2H2. The van der Waals surface area contributed by atoms with E-state index in [0.29, 0.717) is 11.1 Å². The first-order chi connectivity index (χ1) is 16.8. The lowest BCUT2D eigenvalue weighted by Gasteiger charge is -2.08. The molecule has 3 rings (SSSR count). The molecule has 0 heterocycles. The molecule has 3 aromatic rings. The van der Waals surface area contributed by atoms with Gasteiger partial charge in [0.1, 0.15) is 11.5 Å². The predicted molar refractivity (Wildman–Crippen MR) is 125 cm³/mol. The van der Waals surface area contributed by atoms with Crippen LogP contribution in [0, 0.1) is 11.6 Å². The van der Waals surface area contributed by atoms with Crippen LogP contribution < -0.4 is 14.2 Å². The normalized spacial score (nSPS) is 10.5. The van der Waals surface area contributed by atoms with Gasteiger partial charge in [0.05, 0.1) is 0 Å². The third-order valence-electron chi connectivity index (χ3n) is 4.48. The molecule has 0 atom stereocenters. The van der Waals surface area contributed by atoms with E-state index in [1.807, 2.05) is 0 Å². The Morgan fingerprint density at radius 3 is 1.77 bits per heavy atom. The molecule has 0 saturated heterocycles. The van der Waals surface area contributed by atoms with Crippen molar-refractivity contribution in [3.05, 3.63) is 109 Å². The van der Waals surface area contributed by atoms with E-state index in [4.69, 9.17) is 9.47 Å². The van der Waals surface area contributed by atoms with Crippen LogP contribution in [0.25, 0.3) is 17.2 Å². The van der Waals surface area contributed by atoms with E-state index in [2.05, 4.69) is 17.9 Å². The highest BCUT2D eigenvalue weighted by atomic mass is 19.2. The monoisotopic (exact) mass is 476 g/mol. The summed E-state index contributed by atoms with van der Waals surface area (Å²) >= 11 is 0. The highest BCUT2D eigenvalue weighted by molar-refractivity contribution is 5.89. The summed E-state index contributed by atoms with van der Waals surface area (Å²) in [6.07, 6.45) is 4.55. The van der Waals surface area contributed by atoms with E-state index in [1.165, 1.54) is 42.5 Å². The van der Waals surface area contributed by atoms with Crippen LogP contribution >= 0.6 is 0 Å². The van der Waals surface area contributed by atoms with Gasteiger partial charge in [-0.25, -0.2) is 18.8 Å². The van der Waals surface area contributed by atoms with Gasteiger partial charge < -0.3 is 14.2 Å². The van der Waals surface area contributed by atoms with Gasteiger partial charge >= 0.3 is 17.9 Å². The molecule has 8 heteroatoms. The van der Waals surface area contributed by atoms with E-state index in [9.17, 15) is 23.2 Å². The summed E-state index contributed by atoms with van der Waals surface area (Å²) in [7, 11) is 0. The van der Waals surface area contributed by atoms with Crippen LogP contribution in [0.3, 0.4) is 0 Å². The Labute approximate surface area is 199 Å². The molecular formula is C27H18F2O6. The van der Waals surface area contributed by atoms with Gasteiger partial charge in [-0.15, -0.1) is 0 Å². The predicted octanol–water partition coefficient (Wildman–Crippen LogP) is 5.43. The molecule has 0 aliphatic carbocycles. The second-order valence-corrected chi connectivity index (χ2v) is 6.84. The van der Waals surface area contributed by atoms with Gasteiger partial charge in [-0.05, 0) is 53.6 Å². The Bertz CT molecular complexity index is 1310. The third-order valence-corrected chi connectivity index (χ3v) is 4.48. The number of halogens is 2. The zero-order chi connectivity index (χ0) is 25.4. The van der Waals surface area contributed by atoms with Crippen LogP contribution in [0.1, 0.15) is 5.56 Å². The minimum absolute atomic E-state index is 0.0296. The first-order valence-electron chi connectivity index (χ1n) is 10.1. The molecule has 3 aromatic carbocycles. The molecule has 0 aromatic heterocycles. The van der Waals surface area contributed by atoms with E-state index in [-0.39, 0.29) is 17.1 Å². The van der Waals surface area contributed by atoms with Gasteiger partial charge in [-0.1, -0.05) is 37.4 Å². The molecule has 0 aliphatic rings. The second-order valence-electron chi connectivity index (χ2n) is 6.84. The maximum Gasteiger partial charge on any atom is 0.336 e. The van der Waals surface area contributed by atoms with Crippen LogP contribution in [-0.4, -0.2) is 17.9 Å². The summed E-state index contributed by atoms with van der Waals surface area (Å²) in [5.74, 6) is -4.65. The number of hydrogen-bond donors (Lipinski definition) is 0. The Hall–Kier alpha value is -4.85. The number of ether oxygens (including phenoxy) is 3. The lowest BCUT2D eigenvalue weighted by Crippen LogP contribution is -2.06. The lowest BCUT2D eigenvalue weighted by atomic mass is 10.0. The Morgan fingerprint density at radius 1 is 0.657 bits per heavy atom. The van der Waals surface area contributed by atoms with Crippen LogP contribution in [-0.2, 0) is 14.4 Å². The fourth-order valence-electron chi connectivity index (χ4n) is 2.81. The summed E-state index contributed by atoms with van der Waals surface area (Å²) in [6, 6.07) is 14.6. The van der Waals surface area contributed by atoms with Crippen molar-refractivity contribution in [2.75, 3.05) is 0 Å². The van der Waals surface area contributed by atoms with Crippen molar-refractivity contribution in [2.24, 2.45) is 0 Å². The van der Waals surface area contributed by atoms with E-state index in [1.54, 1.807) is 24.3 Å². The van der Waals surface area contributed by atoms with E-state index < -0.39 is 35.3 Å². The van der Waals surface area contributed by atoms with Gasteiger partial charge in [-0.3, -0.25) is 0 Å². The molecule has 6 nitrogen and oxygen atoms in total. The quantitative estimate of drug-likeness (QED) is 0.245. The first kappa shape index (κ1) is 24.8. The molecule has 0 fully saturated rings. The largest absolute Gasteiger partial charge is 0.423 e. The Kier molecular flexibility index (Phi) is 8.02. The molecule has 35 heavy (non-hydrogen) atoms. The molecular weight excluding hydrogens is 458 g/mol. The zero-order valence-corrected chi connectivity index (χ0v) is 18.2. The smallest absolute Gasteiger partial charge is 0.336 e. The van der Waals surface area contributed by atoms with Crippen molar-refractivity contribution in [2.45, 2.75) is 0 Å². The molecule has 0 amide bonds. The second kappa shape index (κ2) is 11.3. The lowest BCUT2D eigenvalue weighted by molar-refractivity contribution is -0.130. The molecule has 0 bridgehead atoms.